The predicted molar refractivity (Wildman–Crippen MR) is 43.8 cm³/mol. The predicted octanol–water partition coefficient (Wildman–Crippen LogP) is 1.43. The highest BCUT2D eigenvalue weighted by molar-refractivity contribution is 7.80. The molecule has 1 saturated carbocycles. The molecule has 1 fully saturated rings. The van der Waals surface area contributed by atoms with Crippen LogP contribution in [0.4, 0.5) is 0 Å². The van der Waals surface area contributed by atoms with E-state index >= 15 is 0 Å². The molecule has 1 aliphatic rings. The number of thiol groups is 1. The summed E-state index contributed by atoms with van der Waals surface area (Å²) in [5.74, 6) is 1.77. The van der Waals surface area contributed by atoms with Crippen molar-refractivity contribution in [3.63, 3.8) is 0 Å². The molecule has 0 aromatic heterocycles. The molecule has 0 heterocycles. The van der Waals surface area contributed by atoms with Gasteiger partial charge in [0.2, 0.25) is 0 Å². The number of nitrogens with two attached hydrogens (primary N) is 1. The van der Waals surface area contributed by atoms with Crippen LogP contribution in [0.3, 0.4) is 0 Å². The molecular weight excluding hydrogens is 130 g/mol. The zero-order valence-corrected chi connectivity index (χ0v) is 6.61. The molecule has 2 N–H and O–H groups in total. The van der Waals surface area contributed by atoms with Gasteiger partial charge in [0.15, 0.2) is 0 Å². The fourth-order valence-electron chi connectivity index (χ4n) is 1.25. The van der Waals surface area contributed by atoms with Crippen LogP contribution >= 0.6 is 12.6 Å². The Morgan fingerprint density at radius 3 is 2.56 bits per heavy atom. The van der Waals surface area contributed by atoms with E-state index < -0.39 is 0 Å². The van der Waals surface area contributed by atoms with E-state index in [-0.39, 0.29) is 0 Å². The highest BCUT2D eigenvalue weighted by Crippen LogP contribution is 2.29. The average Bonchev–Trinajstić information content (AvgIpc) is 1.60. The molecule has 1 unspecified atom stereocenters. The lowest BCUT2D eigenvalue weighted by atomic mass is 9.79. The second-order valence-corrected chi connectivity index (χ2v) is 3.31. The molecule has 2 heteroatoms. The summed E-state index contributed by atoms with van der Waals surface area (Å²) in [6.45, 7) is 0. The lowest BCUT2D eigenvalue weighted by Crippen LogP contribution is -2.34. The van der Waals surface area contributed by atoms with Crippen molar-refractivity contribution in [3.8, 4) is 0 Å². The minimum atomic E-state index is 0.441. The van der Waals surface area contributed by atoms with E-state index in [4.69, 9.17) is 5.73 Å². The summed E-state index contributed by atoms with van der Waals surface area (Å²) < 4.78 is 0. The van der Waals surface area contributed by atoms with Crippen molar-refractivity contribution in [2.75, 3.05) is 5.75 Å². The molecular formula is C7H15NS. The Morgan fingerprint density at radius 1 is 1.56 bits per heavy atom. The van der Waals surface area contributed by atoms with Crippen molar-refractivity contribution in [1.29, 1.82) is 0 Å². The Labute approximate surface area is 62.4 Å². The second kappa shape index (κ2) is 3.47. The van der Waals surface area contributed by atoms with Crippen LogP contribution in [0.25, 0.3) is 0 Å². The lowest BCUT2D eigenvalue weighted by Gasteiger charge is -2.30. The van der Waals surface area contributed by atoms with E-state index in [1.165, 1.54) is 19.3 Å². The van der Waals surface area contributed by atoms with E-state index in [0.29, 0.717) is 6.04 Å². The van der Waals surface area contributed by atoms with Gasteiger partial charge < -0.3 is 5.73 Å². The normalized spacial score (nSPS) is 23.3. The van der Waals surface area contributed by atoms with Gasteiger partial charge in [0.1, 0.15) is 0 Å². The van der Waals surface area contributed by atoms with Crippen LogP contribution in [0.2, 0.25) is 0 Å². The van der Waals surface area contributed by atoms with Gasteiger partial charge in [-0.25, -0.2) is 0 Å². The summed E-state index contributed by atoms with van der Waals surface area (Å²) in [5, 5.41) is 0. The first-order chi connectivity index (χ1) is 4.34. The molecule has 0 aromatic carbocycles. The van der Waals surface area contributed by atoms with Crippen LogP contribution in [0.1, 0.15) is 25.7 Å². The number of hydrogen-bond donors (Lipinski definition) is 2. The van der Waals surface area contributed by atoms with Gasteiger partial charge in [0, 0.05) is 6.04 Å². The van der Waals surface area contributed by atoms with Crippen LogP contribution in [-0.4, -0.2) is 11.8 Å². The van der Waals surface area contributed by atoms with Crippen LogP contribution < -0.4 is 5.73 Å². The van der Waals surface area contributed by atoms with Crippen LogP contribution in [0.5, 0.6) is 0 Å². The molecule has 0 aromatic rings. The highest BCUT2D eigenvalue weighted by Gasteiger charge is 2.23. The third-order valence-electron chi connectivity index (χ3n) is 2.22. The number of hydrogen-bond acceptors (Lipinski definition) is 2. The van der Waals surface area contributed by atoms with Gasteiger partial charge in [-0.1, -0.05) is 6.42 Å². The summed E-state index contributed by atoms with van der Waals surface area (Å²) in [7, 11) is 0. The molecule has 54 valence electrons. The fraction of sp³-hybridized carbons (Fsp3) is 1.00. The zero-order chi connectivity index (χ0) is 6.69. The summed E-state index contributed by atoms with van der Waals surface area (Å²) in [5.41, 5.74) is 5.84. The molecule has 1 rings (SSSR count). The van der Waals surface area contributed by atoms with Gasteiger partial charge in [0.05, 0.1) is 0 Å². The highest BCUT2D eigenvalue weighted by atomic mass is 32.1. The Balaban J connectivity index is 2.08. The quantitative estimate of drug-likeness (QED) is 0.577. The number of rotatable bonds is 3. The monoisotopic (exact) mass is 145 g/mol. The van der Waals surface area contributed by atoms with Crippen molar-refractivity contribution >= 4 is 12.6 Å². The van der Waals surface area contributed by atoms with Gasteiger partial charge in [-0.3, -0.25) is 0 Å². The molecule has 9 heavy (non-hydrogen) atoms. The summed E-state index contributed by atoms with van der Waals surface area (Å²) in [4.78, 5) is 0. The Kier molecular flexibility index (Phi) is 2.86. The molecule has 0 spiro atoms. The minimum absolute atomic E-state index is 0.441. The largest absolute Gasteiger partial charge is 0.327 e. The Hall–Kier alpha value is 0.310. The van der Waals surface area contributed by atoms with E-state index in [9.17, 15) is 0 Å². The van der Waals surface area contributed by atoms with Crippen LogP contribution in [0.15, 0.2) is 0 Å². The van der Waals surface area contributed by atoms with Crippen molar-refractivity contribution in [1.82, 2.24) is 0 Å². The van der Waals surface area contributed by atoms with Gasteiger partial charge in [-0.2, -0.15) is 12.6 Å². The molecule has 0 radical (unpaired) electrons. The maximum absolute atomic E-state index is 5.84. The van der Waals surface area contributed by atoms with Crippen molar-refractivity contribution in [3.05, 3.63) is 0 Å². The second-order valence-electron chi connectivity index (χ2n) is 2.87. The Morgan fingerprint density at radius 2 is 2.22 bits per heavy atom. The molecule has 0 saturated heterocycles. The first-order valence-electron chi connectivity index (χ1n) is 3.71. The van der Waals surface area contributed by atoms with Crippen LogP contribution in [0, 0.1) is 5.92 Å². The molecule has 1 nitrogen and oxygen atoms in total. The third kappa shape index (κ3) is 1.87. The first-order valence-corrected chi connectivity index (χ1v) is 4.34. The van der Waals surface area contributed by atoms with Crippen molar-refractivity contribution < 1.29 is 0 Å². The van der Waals surface area contributed by atoms with Gasteiger partial charge in [0.25, 0.3) is 0 Å². The summed E-state index contributed by atoms with van der Waals surface area (Å²) in [6, 6.07) is 0.441. The Bertz CT molecular complexity index is 81.0. The topological polar surface area (TPSA) is 26.0 Å². The molecule has 0 bridgehead atoms. The maximum Gasteiger partial charge on any atom is 0.00749 e. The maximum atomic E-state index is 5.84. The molecule has 1 atom stereocenters. The first kappa shape index (κ1) is 7.42. The van der Waals surface area contributed by atoms with E-state index in [1.807, 2.05) is 0 Å². The average molecular weight is 145 g/mol. The van der Waals surface area contributed by atoms with Crippen molar-refractivity contribution in [2.45, 2.75) is 31.7 Å². The third-order valence-corrected chi connectivity index (χ3v) is 2.48. The van der Waals surface area contributed by atoms with Crippen LogP contribution in [-0.2, 0) is 0 Å². The fourth-order valence-corrected chi connectivity index (χ4v) is 1.55. The van der Waals surface area contributed by atoms with Gasteiger partial charge in [-0.15, -0.1) is 0 Å². The minimum Gasteiger partial charge on any atom is -0.327 e. The standard InChI is InChI=1S/C7H15NS/c8-7(4-5-9)6-2-1-3-6/h6-7,9H,1-5,8H2. The van der Waals surface area contributed by atoms with E-state index in [1.54, 1.807) is 0 Å². The molecule has 0 aliphatic heterocycles. The van der Waals surface area contributed by atoms with Gasteiger partial charge in [-0.05, 0) is 30.9 Å². The van der Waals surface area contributed by atoms with Gasteiger partial charge >= 0.3 is 0 Å². The van der Waals surface area contributed by atoms with E-state index in [0.717, 1.165) is 18.1 Å². The van der Waals surface area contributed by atoms with Crippen molar-refractivity contribution in [2.24, 2.45) is 11.7 Å². The molecule has 1 aliphatic carbocycles. The zero-order valence-electron chi connectivity index (χ0n) is 5.71. The SMILES string of the molecule is NC(CCS)C1CCC1. The molecule has 0 amide bonds. The van der Waals surface area contributed by atoms with E-state index in [2.05, 4.69) is 12.6 Å². The summed E-state index contributed by atoms with van der Waals surface area (Å²) >= 11 is 4.14. The smallest absolute Gasteiger partial charge is 0.00749 e. The summed E-state index contributed by atoms with van der Waals surface area (Å²) in [6.07, 6.45) is 5.20. The lowest BCUT2D eigenvalue weighted by molar-refractivity contribution is 0.258.